The molecule has 2 heterocycles. The molecule has 0 saturated heterocycles. The van der Waals surface area contributed by atoms with E-state index in [1.807, 2.05) is 55.5 Å². The van der Waals surface area contributed by atoms with Crippen LogP contribution in [0.15, 0.2) is 76.2 Å². The van der Waals surface area contributed by atoms with Gasteiger partial charge < -0.3 is 14.2 Å². The highest BCUT2D eigenvalue weighted by molar-refractivity contribution is 5.67. The molecular weight excluding hydrogens is 302 g/mol. The van der Waals surface area contributed by atoms with Crippen molar-refractivity contribution >= 4 is 11.7 Å². The second-order valence-corrected chi connectivity index (χ2v) is 5.42. The molecule has 0 aliphatic carbocycles. The summed E-state index contributed by atoms with van der Waals surface area (Å²) < 4.78 is 11.1. The molecule has 0 aliphatic heterocycles. The molecule has 5 nitrogen and oxygen atoms in total. The Kier molecular flexibility index (Phi) is 3.59. The normalized spacial score (nSPS) is 10.7. The number of nitrogens with zero attached hydrogens (tertiary/aromatic N) is 2. The number of hydrogen-bond donors (Lipinski definition) is 1. The number of rotatable bonds is 4. The van der Waals surface area contributed by atoms with Gasteiger partial charge in [0.15, 0.2) is 17.9 Å². The van der Waals surface area contributed by atoms with Gasteiger partial charge in [-0.3, -0.25) is 0 Å². The molecule has 0 atom stereocenters. The second kappa shape index (κ2) is 6.04. The van der Waals surface area contributed by atoms with Gasteiger partial charge in [-0.05, 0) is 30.7 Å². The summed E-state index contributed by atoms with van der Waals surface area (Å²) in [6.07, 6.45) is 4.85. The van der Waals surface area contributed by atoms with Crippen LogP contribution in [0.3, 0.4) is 0 Å². The number of aromatic nitrogens is 2. The van der Waals surface area contributed by atoms with Crippen molar-refractivity contribution < 1.29 is 8.83 Å². The first-order valence-electron chi connectivity index (χ1n) is 7.57. The first-order chi connectivity index (χ1) is 11.8. The zero-order valence-corrected chi connectivity index (χ0v) is 13.1. The molecule has 2 aromatic carbocycles. The van der Waals surface area contributed by atoms with Crippen molar-refractivity contribution in [3.8, 4) is 22.6 Å². The molecule has 0 amide bonds. The maximum absolute atomic E-state index is 5.77. The number of oxazole rings is 2. The van der Waals surface area contributed by atoms with Crippen LogP contribution in [0.1, 0.15) is 5.56 Å². The van der Waals surface area contributed by atoms with Crippen molar-refractivity contribution in [2.75, 3.05) is 5.32 Å². The van der Waals surface area contributed by atoms with Crippen LogP contribution in [0.2, 0.25) is 0 Å². The predicted molar refractivity (Wildman–Crippen MR) is 91.9 cm³/mol. The number of hydrogen-bond acceptors (Lipinski definition) is 5. The summed E-state index contributed by atoms with van der Waals surface area (Å²) in [5, 5.41) is 3.18. The molecule has 4 rings (SSSR count). The SMILES string of the molecule is Cc1cc(Nc2ncc(-c3ccccc3)o2)ccc1-c1cnco1. The van der Waals surface area contributed by atoms with E-state index in [0.717, 1.165) is 33.9 Å². The quantitative estimate of drug-likeness (QED) is 0.570. The molecular formula is C19H15N3O2. The van der Waals surface area contributed by atoms with Crippen molar-refractivity contribution in [1.29, 1.82) is 0 Å². The van der Waals surface area contributed by atoms with E-state index >= 15 is 0 Å². The third-order valence-corrected chi connectivity index (χ3v) is 3.74. The third-order valence-electron chi connectivity index (χ3n) is 3.74. The molecule has 24 heavy (non-hydrogen) atoms. The zero-order valence-electron chi connectivity index (χ0n) is 13.1. The lowest BCUT2D eigenvalue weighted by atomic mass is 10.1. The molecule has 5 heteroatoms. The Balaban J connectivity index is 1.56. The number of aryl methyl sites for hydroxylation is 1. The molecule has 2 aromatic heterocycles. The topological polar surface area (TPSA) is 64.1 Å². The maximum Gasteiger partial charge on any atom is 0.299 e. The van der Waals surface area contributed by atoms with Crippen LogP contribution in [-0.4, -0.2) is 9.97 Å². The van der Waals surface area contributed by atoms with Gasteiger partial charge in [-0.25, -0.2) is 9.97 Å². The van der Waals surface area contributed by atoms with E-state index in [2.05, 4.69) is 15.3 Å². The minimum absolute atomic E-state index is 0.459. The highest BCUT2D eigenvalue weighted by atomic mass is 16.4. The molecule has 1 N–H and O–H groups in total. The monoisotopic (exact) mass is 317 g/mol. The fourth-order valence-corrected chi connectivity index (χ4v) is 2.56. The molecule has 0 saturated carbocycles. The van der Waals surface area contributed by atoms with Gasteiger partial charge in [-0.2, -0.15) is 0 Å². The van der Waals surface area contributed by atoms with E-state index in [1.54, 1.807) is 12.4 Å². The Morgan fingerprint density at radius 1 is 0.958 bits per heavy atom. The summed E-state index contributed by atoms with van der Waals surface area (Å²) in [7, 11) is 0. The van der Waals surface area contributed by atoms with Crippen molar-refractivity contribution in [3.05, 3.63) is 72.9 Å². The predicted octanol–water partition coefficient (Wildman–Crippen LogP) is 5.05. The van der Waals surface area contributed by atoms with Gasteiger partial charge in [0, 0.05) is 16.8 Å². The number of benzene rings is 2. The third kappa shape index (κ3) is 2.79. The molecule has 0 fully saturated rings. The second-order valence-electron chi connectivity index (χ2n) is 5.42. The fourth-order valence-electron chi connectivity index (χ4n) is 2.56. The van der Waals surface area contributed by atoms with Crippen LogP contribution < -0.4 is 5.32 Å². The van der Waals surface area contributed by atoms with Gasteiger partial charge in [0.2, 0.25) is 0 Å². The smallest absolute Gasteiger partial charge is 0.299 e. The van der Waals surface area contributed by atoms with Crippen LogP contribution in [-0.2, 0) is 0 Å². The van der Waals surface area contributed by atoms with E-state index in [0.29, 0.717) is 6.01 Å². The molecule has 0 bridgehead atoms. The van der Waals surface area contributed by atoms with E-state index in [-0.39, 0.29) is 0 Å². The first-order valence-corrected chi connectivity index (χ1v) is 7.57. The van der Waals surface area contributed by atoms with E-state index in [9.17, 15) is 0 Å². The standard InChI is InChI=1S/C19H15N3O2/c1-13-9-15(7-8-16(13)18-10-20-12-23-18)22-19-21-11-17(24-19)14-5-3-2-4-6-14/h2-12H,1H3,(H,21,22). The average molecular weight is 317 g/mol. The molecule has 0 radical (unpaired) electrons. The summed E-state index contributed by atoms with van der Waals surface area (Å²) in [5.74, 6) is 1.48. The van der Waals surface area contributed by atoms with Crippen LogP contribution in [0, 0.1) is 6.92 Å². The van der Waals surface area contributed by atoms with Crippen LogP contribution in [0.25, 0.3) is 22.6 Å². The summed E-state index contributed by atoms with van der Waals surface area (Å²) in [4.78, 5) is 8.24. The molecule has 118 valence electrons. The van der Waals surface area contributed by atoms with Crippen molar-refractivity contribution in [1.82, 2.24) is 9.97 Å². The van der Waals surface area contributed by atoms with Crippen LogP contribution >= 0.6 is 0 Å². The van der Waals surface area contributed by atoms with Gasteiger partial charge >= 0.3 is 0 Å². The fraction of sp³-hybridized carbons (Fsp3) is 0.0526. The van der Waals surface area contributed by atoms with Crippen molar-refractivity contribution in [2.24, 2.45) is 0 Å². The highest BCUT2D eigenvalue weighted by Gasteiger charge is 2.09. The lowest BCUT2D eigenvalue weighted by Gasteiger charge is -2.06. The number of nitrogens with one attached hydrogen (secondary N) is 1. The molecule has 0 unspecified atom stereocenters. The lowest BCUT2D eigenvalue weighted by Crippen LogP contribution is -1.91. The van der Waals surface area contributed by atoms with Gasteiger partial charge in [0.1, 0.15) is 0 Å². The number of anilines is 2. The van der Waals surface area contributed by atoms with E-state index in [4.69, 9.17) is 8.83 Å². The average Bonchev–Trinajstić information content (AvgIpc) is 3.28. The first kappa shape index (κ1) is 14.3. The van der Waals surface area contributed by atoms with E-state index in [1.165, 1.54) is 6.39 Å². The highest BCUT2D eigenvalue weighted by Crippen LogP contribution is 2.28. The van der Waals surface area contributed by atoms with Crippen LogP contribution in [0.5, 0.6) is 0 Å². The minimum Gasteiger partial charge on any atom is -0.444 e. The Hall–Kier alpha value is -3.34. The van der Waals surface area contributed by atoms with Crippen molar-refractivity contribution in [2.45, 2.75) is 6.92 Å². The lowest BCUT2D eigenvalue weighted by molar-refractivity contribution is 0.571. The van der Waals surface area contributed by atoms with Gasteiger partial charge in [-0.1, -0.05) is 30.3 Å². The zero-order chi connectivity index (χ0) is 16.4. The van der Waals surface area contributed by atoms with Gasteiger partial charge in [0.25, 0.3) is 6.01 Å². The maximum atomic E-state index is 5.77. The van der Waals surface area contributed by atoms with E-state index < -0.39 is 0 Å². The Morgan fingerprint density at radius 3 is 2.58 bits per heavy atom. The molecule has 4 aromatic rings. The Morgan fingerprint density at radius 2 is 1.83 bits per heavy atom. The molecule has 0 spiro atoms. The minimum atomic E-state index is 0.459. The summed E-state index contributed by atoms with van der Waals surface area (Å²) >= 11 is 0. The summed E-state index contributed by atoms with van der Waals surface area (Å²) in [6.45, 7) is 2.02. The summed E-state index contributed by atoms with van der Waals surface area (Å²) in [5.41, 5.74) is 3.98. The Bertz CT molecular complexity index is 944. The van der Waals surface area contributed by atoms with Gasteiger partial charge in [0.05, 0.1) is 12.4 Å². The Labute approximate surface area is 139 Å². The molecule has 0 aliphatic rings. The van der Waals surface area contributed by atoms with Crippen molar-refractivity contribution in [3.63, 3.8) is 0 Å². The van der Waals surface area contributed by atoms with Crippen LogP contribution in [0.4, 0.5) is 11.7 Å². The largest absolute Gasteiger partial charge is 0.444 e. The van der Waals surface area contributed by atoms with Gasteiger partial charge in [-0.15, -0.1) is 0 Å². The summed E-state index contributed by atoms with van der Waals surface area (Å²) in [6, 6.07) is 16.3.